The van der Waals surface area contributed by atoms with Gasteiger partial charge >= 0.3 is 0 Å². The lowest BCUT2D eigenvalue weighted by Crippen LogP contribution is -2.27. The average Bonchev–Trinajstić information content (AvgIpc) is 3.13. The van der Waals surface area contributed by atoms with E-state index in [0.717, 1.165) is 10.0 Å². The number of amides is 2. The number of benzene rings is 3. The summed E-state index contributed by atoms with van der Waals surface area (Å²) in [7, 11) is 1.54. The zero-order chi connectivity index (χ0) is 24.9. The van der Waals surface area contributed by atoms with E-state index in [9.17, 15) is 9.59 Å². The molecule has 10 heteroatoms. The van der Waals surface area contributed by atoms with Gasteiger partial charge in [-0.3, -0.25) is 14.5 Å². The highest BCUT2D eigenvalue weighted by molar-refractivity contribution is 9.10. The van der Waals surface area contributed by atoms with Crippen LogP contribution in [0.2, 0.25) is 5.02 Å². The van der Waals surface area contributed by atoms with Crippen molar-refractivity contribution >= 4 is 85.1 Å². The van der Waals surface area contributed by atoms with Gasteiger partial charge in [0.1, 0.15) is 11.5 Å². The fourth-order valence-corrected chi connectivity index (χ4v) is 4.93. The molecule has 0 radical (unpaired) electrons. The second-order valence-electron chi connectivity index (χ2n) is 7.22. The Morgan fingerprint density at radius 3 is 2.63 bits per heavy atom. The van der Waals surface area contributed by atoms with E-state index in [4.69, 9.17) is 33.3 Å². The van der Waals surface area contributed by atoms with Crippen LogP contribution in [0.15, 0.2) is 76.1 Å². The maximum Gasteiger partial charge on any atom is 0.270 e. The molecule has 0 aliphatic carbocycles. The van der Waals surface area contributed by atoms with Gasteiger partial charge in [0.25, 0.3) is 11.8 Å². The van der Waals surface area contributed by atoms with Crippen LogP contribution in [0, 0.1) is 0 Å². The second kappa shape index (κ2) is 11.3. The first-order valence-corrected chi connectivity index (χ1v) is 12.6. The van der Waals surface area contributed by atoms with E-state index in [1.807, 2.05) is 6.07 Å². The fourth-order valence-electron chi connectivity index (χ4n) is 3.21. The highest BCUT2D eigenvalue weighted by Gasteiger charge is 2.33. The summed E-state index contributed by atoms with van der Waals surface area (Å²) >= 11 is 16.2. The average molecular weight is 590 g/mol. The Kier molecular flexibility index (Phi) is 8.12. The number of thiocarbonyl (C=S) groups is 1. The smallest absolute Gasteiger partial charge is 0.270 e. The molecule has 0 bridgehead atoms. The summed E-state index contributed by atoms with van der Waals surface area (Å²) in [6, 6.07) is 19.4. The van der Waals surface area contributed by atoms with Gasteiger partial charge in [-0.25, -0.2) is 0 Å². The van der Waals surface area contributed by atoms with Gasteiger partial charge in [-0.15, -0.1) is 0 Å². The number of nitrogens with one attached hydrogen (secondary N) is 1. The van der Waals surface area contributed by atoms with Gasteiger partial charge in [0.2, 0.25) is 0 Å². The third kappa shape index (κ3) is 6.05. The van der Waals surface area contributed by atoms with E-state index < -0.39 is 0 Å². The maximum absolute atomic E-state index is 13.0. The molecule has 3 aromatic rings. The topological polar surface area (TPSA) is 67.9 Å². The predicted molar refractivity (Wildman–Crippen MR) is 148 cm³/mol. The van der Waals surface area contributed by atoms with E-state index in [0.29, 0.717) is 37.1 Å². The number of carbonyl (C=O) groups is 2. The number of hydrogen-bond donors (Lipinski definition) is 1. The molecule has 0 atom stereocenters. The highest BCUT2D eigenvalue weighted by Crippen LogP contribution is 2.38. The zero-order valence-electron chi connectivity index (χ0n) is 18.3. The number of thioether (sulfide) groups is 1. The molecule has 0 aromatic heterocycles. The van der Waals surface area contributed by atoms with E-state index in [1.54, 1.807) is 66.7 Å². The molecule has 1 fully saturated rings. The van der Waals surface area contributed by atoms with E-state index in [2.05, 4.69) is 21.2 Å². The van der Waals surface area contributed by atoms with Gasteiger partial charge in [-0.05, 0) is 70.0 Å². The van der Waals surface area contributed by atoms with Gasteiger partial charge in [0, 0.05) is 4.47 Å². The van der Waals surface area contributed by atoms with Crippen molar-refractivity contribution in [3.63, 3.8) is 0 Å². The van der Waals surface area contributed by atoms with Crippen molar-refractivity contribution < 1.29 is 19.1 Å². The molecule has 0 spiro atoms. The Morgan fingerprint density at radius 2 is 1.91 bits per heavy atom. The van der Waals surface area contributed by atoms with E-state index in [-0.39, 0.29) is 18.4 Å². The van der Waals surface area contributed by atoms with E-state index >= 15 is 0 Å². The normalized spacial score (nSPS) is 14.4. The number of methoxy groups -OCH3 is 1. The van der Waals surface area contributed by atoms with Crippen LogP contribution in [0.5, 0.6) is 11.5 Å². The maximum atomic E-state index is 13.0. The molecule has 1 heterocycles. The summed E-state index contributed by atoms with van der Waals surface area (Å²) in [5.74, 6) is 0.565. The first-order valence-electron chi connectivity index (χ1n) is 10.2. The molecule has 1 N–H and O–H groups in total. The lowest BCUT2D eigenvalue weighted by Gasteiger charge is -2.15. The van der Waals surface area contributed by atoms with Crippen molar-refractivity contribution in [1.82, 2.24) is 0 Å². The Labute approximate surface area is 225 Å². The van der Waals surface area contributed by atoms with Crippen LogP contribution in [0.3, 0.4) is 0 Å². The number of halogens is 2. The van der Waals surface area contributed by atoms with Crippen LogP contribution in [0.1, 0.15) is 5.56 Å². The van der Waals surface area contributed by atoms with Gasteiger partial charge in [0.05, 0.1) is 28.4 Å². The van der Waals surface area contributed by atoms with E-state index in [1.165, 1.54) is 23.8 Å². The van der Waals surface area contributed by atoms with Gasteiger partial charge < -0.3 is 14.8 Å². The van der Waals surface area contributed by atoms with Crippen LogP contribution in [-0.2, 0) is 9.59 Å². The molecule has 0 saturated carbocycles. The van der Waals surface area contributed by atoms with Crippen molar-refractivity contribution in [2.75, 3.05) is 23.9 Å². The summed E-state index contributed by atoms with van der Waals surface area (Å²) in [6.45, 7) is -0.161. The number of nitrogens with zero attached hydrogens (tertiary/aromatic N) is 1. The summed E-state index contributed by atoms with van der Waals surface area (Å²) in [5.41, 5.74) is 1.98. The number of ether oxygens (including phenoxy) is 2. The molecule has 35 heavy (non-hydrogen) atoms. The minimum atomic E-state index is -0.310. The lowest BCUT2D eigenvalue weighted by atomic mass is 10.2. The molecule has 3 aromatic carbocycles. The molecule has 1 aliphatic heterocycles. The zero-order valence-corrected chi connectivity index (χ0v) is 22.3. The van der Waals surface area contributed by atoms with Gasteiger partial charge in [0.15, 0.2) is 10.9 Å². The molecule has 2 amide bonds. The number of hydrogen-bond acceptors (Lipinski definition) is 6. The van der Waals surface area contributed by atoms with Crippen LogP contribution in [-0.4, -0.2) is 29.9 Å². The summed E-state index contributed by atoms with van der Waals surface area (Å²) in [6.07, 6.45) is 1.76. The summed E-state index contributed by atoms with van der Waals surface area (Å²) in [4.78, 5) is 27.2. The van der Waals surface area contributed by atoms with Crippen LogP contribution in [0.4, 0.5) is 11.4 Å². The molecule has 1 saturated heterocycles. The molecular formula is C25H18BrClN2O4S2. The van der Waals surface area contributed by atoms with Crippen LogP contribution >= 0.6 is 51.5 Å². The van der Waals surface area contributed by atoms with Crippen LogP contribution < -0.4 is 19.7 Å². The third-order valence-corrected chi connectivity index (χ3v) is 7.42. The number of carbonyl (C=O) groups excluding carboxylic acids is 2. The highest BCUT2D eigenvalue weighted by atomic mass is 79.9. The Hall–Kier alpha value is -2.85. The predicted octanol–water partition coefficient (Wildman–Crippen LogP) is 6.53. The SMILES string of the molecule is COc1ccccc1NC(=O)COc1ccc(/C=C2/SC(=S)N(c3ccc(Br)c(Cl)c3)C2=O)cc1. The summed E-state index contributed by atoms with van der Waals surface area (Å²) < 4.78 is 12.0. The Bertz CT molecular complexity index is 1330. The molecule has 6 nitrogen and oxygen atoms in total. The van der Waals surface area contributed by atoms with Crippen molar-refractivity contribution in [2.24, 2.45) is 0 Å². The van der Waals surface area contributed by atoms with Crippen LogP contribution in [0.25, 0.3) is 6.08 Å². The first kappa shape index (κ1) is 25.2. The van der Waals surface area contributed by atoms with Crippen molar-refractivity contribution in [3.8, 4) is 11.5 Å². The first-order chi connectivity index (χ1) is 16.9. The second-order valence-corrected chi connectivity index (χ2v) is 10.2. The number of anilines is 2. The van der Waals surface area contributed by atoms with Crippen molar-refractivity contribution in [1.29, 1.82) is 0 Å². The standard InChI is InChI=1S/C25H18BrClN2O4S2/c1-32-21-5-3-2-4-20(21)28-23(30)14-33-17-9-6-15(7-10-17)12-22-24(31)29(25(34)35-22)16-8-11-18(26)19(27)13-16/h2-13H,14H2,1H3,(H,28,30)/b22-12+. The van der Waals surface area contributed by atoms with Gasteiger partial charge in [-0.1, -0.05) is 59.8 Å². The minimum Gasteiger partial charge on any atom is -0.495 e. The monoisotopic (exact) mass is 588 g/mol. The number of rotatable bonds is 7. The molecule has 178 valence electrons. The Morgan fingerprint density at radius 1 is 1.17 bits per heavy atom. The third-order valence-electron chi connectivity index (χ3n) is 4.88. The van der Waals surface area contributed by atoms with Gasteiger partial charge in [-0.2, -0.15) is 0 Å². The minimum absolute atomic E-state index is 0.161. The largest absolute Gasteiger partial charge is 0.495 e. The summed E-state index contributed by atoms with van der Waals surface area (Å²) in [5, 5.41) is 3.25. The lowest BCUT2D eigenvalue weighted by molar-refractivity contribution is -0.118. The van der Waals surface area contributed by atoms with Crippen molar-refractivity contribution in [3.05, 3.63) is 86.7 Å². The molecular weight excluding hydrogens is 572 g/mol. The quantitative estimate of drug-likeness (QED) is 0.250. The Balaban J connectivity index is 1.38. The van der Waals surface area contributed by atoms with Crippen molar-refractivity contribution in [2.45, 2.75) is 0 Å². The molecule has 1 aliphatic rings. The molecule has 4 rings (SSSR count). The fraction of sp³-hybridized carbons (Fsp3) is 0.0800. The number of para-hydroxylation sites is 2. The molecule has 0 unspecified atom stereocenters.